The smallest absolute Gasteiger partial charge is 0.246 e. The molecule has 0 bridgehead atoms. The van der Waals surface area contributed by atoms with Crippen LogP contribution >= 0.6 is 0 Å². The maximum Gasteiger partial charge on any atom is 0.246 e. The number of rotatable bonds is 3. The zero-order valence-corrected chi connectivity index (χ0v) is 11.3. The van der Waals surface area contributed by atoms with Crippen molar-refractivity contribution in [3.05, 3.63) is 34.6 Å². The number of hydrogen-bond acceptors (Lipinski definition) is 3. The number of likely N-dealkylation sites (tertiary alicyclic amines) is 1. The zero-order valence-electron chi connectivity index (χ0n) is 11.3. The molecule has 1 aromatic carbocycles. The SMILES string of the molecule is Cc1cc(CNC2CC(=O)N(C)C2=O)cc(C)c1F. The predicted molar refractivity (Wildman–Crippen MR) is 68.9 cm³/mol. The molecule has 0 aromatic heterocycles. The van der Waals surface area contributed by atoms with Crippen molar-refractivity contribution in [3.63, 3.8) is 0 Å². The first-order valence-electron chi connectivity index (χ1n) is 6.19. The summed E-state index contributed by atoms with van der Waals surface area (Å²) >= 11 is 0. The van der Waals surface area contributed by atoms with Gasteiger partial charge in [0.2, 0.25) is 11.8 Å². The van der Waals surface area contributed by atoms with Gasteiger partial charge in [-0.1, -0.05) is 12.1 Å². The number of likely N-dealkylation sites (N-methyl/N-ethyl adjacent to an activating group) is 1. The van der Waals surface area contributed by atoms with E-state index in [1.54, 1.807) is 26.0 Å². The van der Waals surface area contributed by atoms with Crippen molar-refractivity contribution in [3.8, 4) is 0 Å². The van der Waals surface area contributed by atoms with Gasteiger partial charge in [-0.25, -0.2) is 4.39 Å². The molecule has 1 heterocycles. The first-order chi connectivity index (χ1) is 8.90. The molecule has 19 heavy (non-hydrogen) atoms. The van der Waals surface area contributed by atoms with Crippen LogP contribution in [-0.4, -0.2) is 29.8 Å². The molecule has 1 aromatic rings. The van der Waals surface area contributed by atoms with Gasteiger partial charge >= 0.3 is 0 Å². The summed E-state index contributed by atoms with van der Waals surface area (Å²) < 4.78 is 13.5. The molecule has 5 heteroatoms. The van der Waals surface area contributed by atoms with E-state index in [2.05, 4.69) is 5.32 Å². The molecule has 2 amide bonds. The van der Waals surface area contributed by atoms with Crippen molar-refractivity contribution in [2.75, 3.05) is 7.05 Å². The monoisotopic (exact) mass is 264 g/mol. The summed E-state index contributed by atoms with van der Waals surface area (Å²) in [6.45, 7) is 3.87. The van der Waals surface area contributed by atoms with E-state index in [-0.39, 0.29) is 24.1 Å². The van der Waals surface area contributed by atoms with Crippen LogP contribution in [0.25, 0.3) is 0 Å². The van der Waals surface area contributed by atoms with E-state index >= 15 is 0 Å². The Morgan fingerprint density at radius 3 is 2.37 bits per heavy atom. The Hall–Kier alpha value is -1.75. The maximum atomic E-state index is 13.5. The quantitative estimate of drug-likeness (QED) is 0.837. The number of hydrogen-bond donors (Lipinski definition) is 1. The van der Waals surface area contributed by atoms with Crippen molar-refractivity contribution in [2.45, 2.75) is 32.9 Å². The minimum Gasteiger partial charge on any atom is -0.301 e. The molecule has 1 aliphatic rings. The average molecular weight is 264 g/mol. The molecule has 4 nitrogen and oxygen atoms in total. The number of carbonyl (C=O) groups is 2. The molecular weight excluding hydrogens is 247 g/mol. The highest BCUT2D eigenvalue weighted by atomic mass is 19.1. The molecular formula is C14H17FN2O2. The van der Waals surface area contributed by atoms with Crippen molar-refractivity contribution >= 4 is 11.8 Å². The summed E-state index contributed by atoms with van der Waals surface area (Å²) in [5.74, 6) is -0.579. The molecule has 0 aliphatic carbocycles. The molecule has 1 aliphatic heterocycles. The lowest BCUT2D eigenvalue weighted by Gasteiger charge is -2.12. The van der Waals surface area contributed by atoms with E-state index in [0.29, 0.717) is 17.7 Å². The highest BCUT2D eigenvalue weighted by Crippen LogP contribution is 2.16. The fraction of sp³-hybridized carbons (Fsp3) is 0.429. The van der Waals surface area contributed by atoms with Crippen LogP contribution in [0.4, 0.5) is 4.39 Å². The molecule has 1 unspecified atom stereocenters. The van der Waals surface area contributed by atoms with E-state index in [1.165, 1.54) is 7.05 Å². The summed E-state index contributed by atoms with van der Waals surface area (Å²) in [7, 11) is 1.48. The molecule has 102 valence electrons. The number of nitrogens with one attached hydrogen (secondary N) is 1. The van der Waals surface area contributed by atoms with Gasteiger partial charge in [0.05, 0.1) is 12.5 Å². The summed E-state index contributed by atoms with van der Waals surface area (Å²) in [6.07, 6.45) is 0.189. The van der Waals surface area contributed by atoms with Gasteiger partial charge in [-0.3, -0.25) is 14.5 Å². The molecule has 1 N–H and O–H groups in total. The highest BCUT2D eigenvalue weighted by molar-refractivity contribution is 6.05. The van der Waals surface area contributed by atoms with Gasteiger partial charge in [-0.05, 0) is 30.5 Å². The van der Waals surface area contributed by atoms with E-state index in [4.69, 9.17) is 0 Å². The summed E-state index contributed by atoms with van der Waals surface area (Å²) in [4.78, 5) is 24.2. The van der Waals surface area contributed by atoms with Crippen molar-refractivity contribution in [2.24, 2.45) is 0 Å². The number of carbonyl (C=O) groups excluding carboxylic acids is 2. The van der Waals surface area contributed by atoms with E-state index in [1.807, 2.05) is 0 Å². The third kappa shape index (κ3) is 2.66. The van der Waals surface area contributed by atoms with Crippen LogP contribution in [0, 0.1) is 19.7 Å². The second-order valence-electron chi connectivity index (χ2n) is 4.97. The topological polar surface area (TPSA) is 49.4 Å². The summed E-state index contributed by atoms with van der Waals surface area (Å²) in [6, 6.07) is 3.03. The lowest BCUT2D eigenvalue weighted by molar-refractivity contribution is -0.137. The molecule has 0 radical (unpaired) electrons. The largest absolute Gasteiger partial charge is 0.301 e. The number of halogens is 1. The summed E-state index contributed by atoms with van der Waals surface area (Å²) in [5.41, 5.74) is 2.08. The van der Waals surface area contributed by atoms with Gasteiger partial charge in [0, 0.05) is 13.6 Å². The van der Waals surface area contributed by atoms with Gasteiger partial charge in [-0.15, -0.1) is 0 Å². The van der Waals surface area contributed by atoms with Gasteiger partial charge in [0.15, 0.2) is 0 Å². The van der Waals surface area contributed by atoms with Gasteiger partial charge < -0.3 is 5.32 Å². The predicted octanol–water partition coefficient (Wildman–Crippen LogP) is 1.29. The van der Waals surface area contributed by atoms with Crippen molar-refractivity contribution < 1.29 is 14.0 Å². The lowest BCUT2D eigenvalue weighted by Crippen LogP contribution is -2.36. The number of nitrogens with zero attached hydrogens (tertiary/aromatic N) is 1. The Morgan fingerprint density at radius 2 is 1.89 bits per heavy atom. The van der Waals surface area contributed by atoms with Crippen LogP contribution in [0.1, 0.15) is 23.1 Å². The second-order valence-corrected chi connectivity index (χ2v) is 4.97. The van der Waals surface area contributed by atoms with Crippen LogP contribution in [0.2, 0.25) is 0 Å². The first kappa shape index (κ1) is 13.7. The Bertz CT molecular complexity index is 519. The minimum atomic E-state index is -0.469. The molecule has 1 atom stereocenters. The Balaban J connectivity index is 2.04. The zero-order chi connectivity index (χ0) is 14.2. The molecule has 1 saturated heterocycles. The number of imide groups is 1. The van der Waals surface area contributed by atoms with Crippen LogP contribution in [-0.2, 0) is 16.1 Å². The normalized spacial score (nSPS) is 19.4. The van der Waals surface area contributed by atoms with E-state index in [0.717, 1.165) is 10.5 Å². The highest BCUT2D eigenvalue weighted by Gasteiger charge is 2.35. The van der Waals surface area contributed by atoms with Crippen LogP contribution in [0.3, 0.4) is 0 Å². The first-order valence-corrected chi connectivity index (χ1v) is 6.19. The standard InChI is InChI=1S/C14H17FN2O2/c1-8-4-10(5-9(2)13(8)15)7-16-11-6-12(18)17(3)14(11)19/h4-5,11,16H,6-7H2,1-3H3. The van der Waals surface area contributed by atoms with Crippen LogP contribution in [0.15, 0.2) is 12.1 Å². The Morgan fingerprint density at radius 1 is 1.32 bits per heavy atom. The Labute approximate surface area is 111 Å². The molecule has 0 saturated carbocycles. The Kier molecular flexibility index (Phi) is 3.66. The van der Waals surface area contributed by atoms with E-state index < -0.39 is 6.04 Å². The number of aryl methyl sites for hydroxylation is 2. The lowest BCUT2D eigenvalue weighted by atomic mass is 10.1. The van der Waals surface area contributed by atoms with Crippen LogP contribution < -0.4 is 5.32 Å². The van der Waals surface area contributed by atoms with Gasteiger partial charge in [0.1, 0.15) is 5.82 Å². The minimum absolute atomic E-state index is 0.172. The molecule has 2 rings (SSSR count). The average Bonchev–Trinajstić information content (AvgIpc) is 2.61. The molecule has 1 fully saturated rings. The third-order valence-corrected chi connectivity index (χ3v) is 3.43. The number of amides is 2. The van der Waals surface area contributed by atoms with E-state index in [9.17, 15) is 14.0 Å². The van der Waals surface area contributed by atoms with Crippen LogP contribution in [0.5, 0.6) is 0 Å². The second kappa shape index (κ2) is 5.09. The third-order valence-electron chi connectivity index (χ3n) is 3.43. The van der Waals surface area contributed by atoms with Crippen molar-refractivity contribution in [1.82, 2.24) is 10.2 Å². The van der Waals surface area contributed by atoms with Crippen molar-refractivity contribution in [1.29, 1.82) is 0 Å². The van der Waals surface area contributed by atoms with Gasteiger partial charge in [0.25, 0.3) is 0 Å². The molecule has 0 spiro atoms. The van der Waals surface area contributed by atoms with Gasteiger partial charge in [-0.2, -0.15) is 0 Å². The number of benzene rings is 1. The summed E-state index contributed by atoms with van der Waals surface area (Å²) in [5, 5.41) is 3.05. The fourth-order valence-corrected chi connectivity index (χ4v) is 2.29. The maximum absolute atomic E-state index is 13.5. The fourth-order valence-electron chi connectivity index (χ4n) is 2.29.